The van der Waals surface area contributed by atoms with Crippen molar-refractivity contribution in [1.29, 1.82) is 0 Å². The van der Waals surface area contributed by atoms with Crippen LogP contribution in [0.3, 0.4) is 0 Å². The minimum atomic E-state index is -0.368. The van der Waals surface area contributed by atoms with Crippen LogP contribution in [0.1, 0.15) is 26.3 Å². The number of nitrogens with zero attached hydrogens (tertiary/aromatic N) is 6. The summed E-state index contributed by atoms with van der Waals surface area (Å²) < 4.78 is 5.84. The molecular weight excluding hydrogens is 356 g/mol. The van der Waals surface area contributed by atoms with E-state index in [-0.39, 0.29) is 11.4 Å². The molecule has 1 aliphatic rings. The molecule has 0 amide bonds. The average Bonchev–Trinajstić information content (AvgIpc) is 3.23. The van der Waals surface area contributed by atoms with Gasteiger partial charge in [-0.05, 0) is 26.3 Å². The minimum Gasteiger partial charge on any atom is -0.266 e. The molecule has 0 unspecified atom stereocenters. The number of benzene rings is 1. The summed E-state index contributed by atoms with van der Waals surface area (Å²) >= 11 is 0. The van der Waals surface area contributed by atoms with E-state index in [1.807, 2.05) is 51.1 Å². The predicted octanol–water partition coefficient (Wildman–Crippen LogP) is 1.81. The molecule has 1 aliphatic heterocycles. The quantitative estimate of drug-likeness (QED) is 0.656. The first-order chi connectivity index (χ1) is 13.5. The second-order valence-electron chi connectivity index (χ2n) is 6.82. The first kappa shape index (κ1) is 18.0. The molecular formula is C20H22N6O2. The van der Waals surface area contributed by atoms with E-state index in [9.17, 15) is 9.59 Å². The topological polar surface area (TPSA) is 79.1 Å². The maximum atomic E-state index is 13.0. The van der Waals surface area contributed by atoms with Crippen LogP contribution in [0.15, 0.2) is 68.6 Å². The lowest BCUT2D eigenvalue weighted by Gasteiger charge is -2.17. The van der Waals surface area contributed by atoms with Crippen LogP contribution in [-0.2, 0) is 19.6 Å². The van der Waals surface area contributed by atoms with E-state index in [2.05, 4.69) is 10.1 Å². The van der Waals surface area contributed by atoms with Crippen molar-refractivity contribution < 1.29 is 0 Å². The molecule has 3 aromatic rings. The monoisotopic (exact) mass is 378 g/mol. The second kappa shape index (κ2) is 6.95. The summed E-state index contributed by atoms with van der Waals surface area (Å²) in [7, 11) is 0. The Morgan fingerprint density at radius 1 is 0.964 bits per heavy atom. The first-order valence-corrected chi connectivity index (χ1v) is 9.24. The largest absolute Gasteiger partial charge is 0.352 e. The Labute approximate surface area is 161 Å². The van der Waals surface area contributed by atoms with Crippen LogP contribution < -0.4 is 11.4 Å². The van der Waals surface area contributed by atoms with E-state index in [1.54, 1.807) is 17.1 Å². The molecule has 0 saturated carbocycles. The van der Waals surface area contributed by atoms with Gasteiger partial charge in [-0.2, -0.15) is 5.10 Å². The summed E-state index contributed by atoms with van der Waals surface area (Å²) in [4.78, 5) is 30.2. The molecule has 0 bridgehead atoms. The van der Waals surface area contributed by atoms with Crippen LogP contribution in [-0.4, -0.2) is 29.4 Å². The van der Waals surface area contributed by atoms with Crippen LogP contribution in [0.5, 0.6) is 0 Å². The molecule has 0 spiro atoms. The molecule has 2 aromatic heterocycles. The van der Waals surface area contributed by atoms with Crippen molar-refractivity contribution in [2.75, 3.05) is 0 Å². The number of rotatable bonds is 6. The van der Waals surface area contributed by atoms with Gasteiger partial charge in [-0.15, -0.1) is 0 Å². The lowest BCUT2D eigenvalue weighted by Crippen LogP contribution is -2.27. The van der Waals surface area contributed by atoms with Gasteiger partial charge in [-0.3, -0.25) is 9.67 Å². The van der Waals surface area contributed by atoms with E-state index < -0.39 is 0 Å². The summed E-state index contributed by atoms with van der Waals surface area (Å²) in [6.07, 6.45) is 3.28. The summed E-state index contributed by atoms with van der Waals surface area (Å²) in [5.74, 6) is 0. The summed E-state index contributed by atoms with van der Waals surface area (Å²) in [6, 6.07) is 9.62. The molecule has 4 rings (SSSR count). The van der Waals surface area contributed by atoms with Crippen molar-refractivity contribution >= 4 is 5.71 Å². The highest BCUT2D eigenvalue weighted by molar-refractivity contribution is 6.04. The normalized spacial score (nSPS) is 13.6. The fraction of sp³-hybridized carbons (Fsp3) is 0.300. The lowest BCUT2D eigenvalue weighted by molar-refractivity contribution is 0.478. The molecule has 0 radical (unpaired) electrons. The molecule has 8 heteroatoms. The van der Waals surface area contributed by atoms with Crippen molar-refractivity contribution in [3.05, 3.63) is 80.5 Å². The van der Waals surface area contributed by atoms with Gasteiger partial charge in [0.05, 0.1) is 25.0 Å². The zero-order valence-electron chi connectivity index (χ0n) is 16.2. The van der Waals surface area contributed by atoms with Gasteiger partial charge in [0.1, 0.15) is 0 Å². The van der Waals surface area contributed by atoms with Gasteiger partial charge in [-0.1, -0.05) is 30.3 Å². The number of allylic oxidation sites excluding steroid dienone is 2. The van der Waals surface area contributed by atoms with Crippen LogP contribution >= 0.6 is 0 Å². The zero-order chi connectivity index (χ0) is 19.8. The molecule has 1 aromatic carbocycles. The third-order valence-corrected chi connectivity index (χ3v) is 5.00. The van der Waals surface area contributed by atoms with Gasteiger partial charge in [0.15, 0.2) is 0 Å². The van der Waals surface area contributed by atoms with Gasteiger partial charge < -0.3 is 0 Å². The molecule has 0 aliphatic carbocycles. The molecule has 3 heterocycles. The van der Waals surface area contributed by atoms with Gasteiger partial charge >= 0.3 is 11.4 Å². The van der Waals surface area contributed by atoms with Crippen molar-refractivity contribution in [2.24, 2.45) is 4.99 Å². The molecule has 144 valence electrons. The fourth-order valence-electron chi connectivity index (χ4n) is 3.50. The molecule has 28 heavy (non-hydrogen) atoms. The zero-order valence-corrected chi connectivity index (χ0v) is 16.2. The highest BCUT2D eigenvalue weighted by Gasteiger charge is 2.19. The van der Waals surface area contributed by atoms with Crippen LogP contribution in [0.4, 0.5) is 0 Å². The predicted molar refractivity (Wildman–Crippen MR) is 107 cm³/mol. The van der Waals surface area contributed by atoms with Crippen molar-refractivity contribution in [2.45, 2.75) is 40.4 Å². The number of aliphatic imine (C=N–C) groups is 1. The van der Waals surface area contributed by atoms with E-state index in [0.29, 0.717) is 25.3 Å². The van der Waals surface area contributed by atoms with Gasteiger partial charge in [-0.25, -0.2) is 23.5 Å². The minimum absolute atomic E-state index is 0.339. The molecule has 8 nitrogen and oxygen atoms in total. The lowest BCUT2D eigenvalue weighted by atomic mass is 10.1. The maximum Gasteiger partial charge on any atom is 0.352 e. The Bertz CT molecular complexity index is 1200. The maximum absolute atomic E-state index is 13.0. The first-order valence-electron chi connectivity index (χ1n) is 9.24. The Morgan fingerprint density at radius 2 is 1.68 bits per heavy atom. The van der Waals surface area contributed by atoms with Crippen molar-refractivity contribution in [3.63, 3.8) is 0 Å². The third kappa shape index (κ3) is 2.96. The number of aromatic nitrogens is 5. The standard InChI is InChI=1S/C20H22N6O2/c1-4-24-19(27)26(20(28)25(24)11-16-8-6-5-7-9-16)17-10-21-23(12-17)13-18-14(2)22-15(18)3/h5-10,12H,4,11,13H2,1-3H3. The Balaban J connectivity index is 1.70. The second-order valence-corrected chi connectivity index (χ2v) is 6.82. The summed E-state index contributed by atoms with van der Waals surface area (Å²) in [6.45, 7) is 7.09. The van der Waals surface area contributed by atoms with Crippen LogP contribution in [0.25, 0.3) is 5.69 Å². The number of hydrogen-bond acceptors (Lipinski definition) is 4. The van der Waals surface area contributed by atoms with Crippen molar-refractivity contribution in [3.8, 4) is 5.69 Å². The number of hydrogen-bond donors (Lipinski definition) is 0. The van der Waals surface area contributed by atoms with E-state index in [4.69, 9.17) is 0 Å². The highest BCUT2D eigenvalue weighted by atomic mass is 16.2. The SMILES string of the molecule is CCn1c(=O)n(-c2cnn(CC3=C(C)N=C3C)c2)c(=O)n1Cc1ccccc1. The molecule has 0 atom stereocenters. The third-order valence-electron chi connectivity index (χ3n) is 5.00. The summed E-state index contributed by atoms with van der Waals surface area (Å²) in [5, 5.41) is 4.32. The Hall–Kier alpha value is -3.42. The van der Waals surface area contributed by atoms with Crippen LogP contribution in [0.2, 0.25) is 0 Å². The molecule has 0 saturated heterocycles. The summed E-state index contributed by atoms with van der Waals surface area (Å²) in [5.41, 5.74) is 3.82. The highest BCUT2D eigenvalue weighted by Crippen LogP contribution is 2.20. The van der Waals surface area contributed by atoms with Crippen LogP contribution in [0, 0.1) is 0 Å². The average molecular weight is 378 g/mol. The van der Waals surface area contributed by atoms with E-state index >= 15 is 0 Å². The fourth-order valence-corrected chi connectivity index (χ4v) is 3.50. The van der Waals surface area contributed by atoms with Gasteiger partial charge in [0.25, 0.3) is 0 Å². The van der Waals surface area contributed by atoms with Gasteiger partial charge in [0, 0.05) is 29.7 Å². The van der Waals surface area contributed by atoms with E-state index in [1.165, 1.54) is 13.9 Å². The Kier molecular flexibility index (Phi) is 4.46. The smallest absolute Gasteiger partial charge is 0.266 e. The van der Waals surface area contributed by atoms with E-state index in [0.717, 1.165) is 22.5 Å². The molecule has 0 fully saturated rings. The van der Waals surface area contributed by atoms with Crippen molar-refractivity contribution in [1.82, 2.24) is 23.7 Å². The Morgan fingerprint density at radius 3 is 2.32 bits per heavy atom. The van der Waals surface area contributed by atoms with Gasteiger partial charge in [0.2, 0.25) is 0 Å². The molecule has 0 N–H and O–H groups in total.